The highest BCUT2D eigenvalue weighted by Crippen LogP contribution is 2.63. The number of rotatable bonds is 2. The van der Waals surface area contributed by atoms with Crippen LogP contribution in [0.2, 0.25) is 0 Å². The molecule has 0 radical (unpaired) electrons. The van der Waals surface area contributed by atoms with Gasteiger partial charge in [-0.05, 0) is 25.0 Å². The van der Waals surface area contributed by atoms with Gasteiger partial charge in [0.1, 0.15) is 0 Å². The molecule has 2 unspecified atom stereocenters. The summed E-state index contributed by atoms with van der Waals surface area (Å²) in [6.07, 6.45) is 2.64. The van der Waals surface area contributed by atoms with Gasteiger partial charge in [-0.2, -0.15) is 0 Å². The molecule has 2 aliphatic rings. The van der Waals surface area contributed by atoms with E-state index in [-0.39, 0.29) is 17.2 Å². The average Bonchev–Trinajstić information content (AvgIpc) is 2.40. The van der Waals surface area contributed by atoms with Crippen LogP contribution < -0.4 is 0 Å². The minimum atomic E-state index is -3.51. The van der Waals surface area contributed by atoms with Crippen LogP contribution in [0.15, 0.2) is 35.2 Å². The lowest BCUT2D eigenvalue weighted by atomic mass is 9.63. The Bertz CT molecular complexity index is 544. The zero-order chi connectivity index (χ0) is 13.0. The summed E-state index contributed by atoms with van der Waals surface area (Å²) in [5.74, 6) is -0.241. The molecule has 2 aliphatic carbocycles. The van der Waals surface area contributed by atoms with Gasteiger partial charge < -0.3 is 0 Å². The van der Waals surface area contributed by atoms with Gasteiger partial charge in [-0.3, -0.25) is 0 Å². The van der Waals surface area contributed by atoms with E-state index >= 15 is 0 Å². The quantitative estimate of drug-likeness (QED) is 0.784. The van der Waals surface area contributed by atoms with Crippen molar-refractivity contribution in [1.82, 2.24) is 0 Å². The van der Waals surface area contributed by atoms with Crippen molar-refractivity contribution >= 4 is 33.0 Å². The van der Waals surface area contributed by atoms with E-state index in [0.29, 0.717) is 4.90 Å². The zero-order valence-electron chi connectivity index (χ0n) is 9.72. The summed E-state index contributed by atoms with van der Waals surface area (Å²) in [6.45, 7) is 0. The van der Waals surface area contributed by atoms with Crippen LogP contribution in [-0.4, -0.2) is 18.0 Å². The van der Waals surface area contributed by atoms with Gasteiger partial charge in [0.2, 0.25) is 0 Å². The predicted octanol–water partition coefficient (Wildman–Crippen LogP) is 3.43. The zero-order valence-corrected chi connectivity index (χ0v) is 12.0. The van der Waals surface area contributed by atoms with Crippen LogP contribution in [-0.2, 0) is 9.84 Å². The first kappa shape index (κ1) is 12.8. The van der Waals surface area contributed by atoms with Crippen LogP contribution in [0.25, 0.3) is 0 Å². The fourth-order valence-corrected chi connectivity index (χ4v) is 7.21. The van der Waals surface area contributed by atoms with Crippen molar-refractivity contribution in [3.05, 3.63) is 30.3 Å². The standard InChI is InChI=1S/C13H14Cl2O2S/c14-12-10-7-4-8-11(12)13(10,15)18(16,17)9-5-2-1-3-6-9/h1-3,5-6,10-12H,4,7-8H2/t10-,11+,12?,13?. The molecule has 98 valence electrons. The van der Waals surface area contributed by atoms with Crippen LogP contribution in [0.1, 0.15) is 19.3 Å². The summed E-state index contributed by atoms with van der Waals surface area (Å²) >= 11 is 12.8. The lowest BCUT2D eigenvalue weighted by molar-refractivity contribution is 0.102. The van der Waals surface area contributed by atoms with Gasteiger partial charge in [0.25, 0.3) is 0 Å². The first-order valence-electron chi connectivity index (χ1n) is 6.12. The Balaban J connectivity index is 2.06. The monoisotopic (exact) mass is 304 g/mol. The predicted molar refractivity (Wildman–Crippen MR) is 72.7 cm³/mol. The molecule has 2 nitrogen and oxygen atoms in total. The topological polar surface area (TPSA) is 34.1 Å². The third-order valence-corrected chi connectivity index (χ3v) is 8.38. The van der Waals surface area contributed by atoms with Crippen LogP contribution in [0.4, 0.5) is 0 Å². The summed E-state index contributed by atoms with van der Waals surface area (Å²) in [6, 6.07) is 8.46. The van der Waals surface area contributed by atoms with Crippen molar-refractivity contribution in [3.8, 4) is 0 Å². The molecule has 0 amide bonds. The molecular formula is C13H14Cl2O2S. The summed E-state index contributed by atoms with van der Waals surface area (Å²) in [7, 11) is -3.51. The molecule has 5 heteroatoms. The Labute approximate surface area is 117 Å². The molecule has 0 spiro atoms. The second-order valence-electron chi connectivity index (χ2n) is 5.10. The van der Waals surface area contributed by atoms with Crippen LogP contribution in [0.5, 0.6) is 0 Å². The van der Waals surface area contributed by atoms with Crippen molar-refractivity contribution < 1.29 is 8.42 Å². The molecule has 4 atom stereocenters. The number of alkyl halides is 2. The molecule has 3 rings (SSSR count). The Morgan fingerprint density at radius 1 is 1.11 bits per heavy atom. The maximum absolute atomic E-state index is 12.7. The van der Waals surface area contributed by atoms with E-state index < -0.39 is 14.0 Å². The van der Waals surface area contributed by atoms with Gasteiger partial charge in [0, 0.05) is 17.2 Å². The molecule has 0 aliphatic heterocycles. The fourth-order valence-electron chi connectivity index (χ4n) is 3.32. The van der Waals surface area contributed by atoms with E-state index in [1.165, 1.54) is 0 Å². The van der Waals surface area contributed by atoms with Crippen LogP contribution in [0, 0.1) is 11.8 Å². The molecule has 2 saturated carbocycles. The van der Waals surface area contributed by atoms with Gasteiger partial charge >= 0.3 is 0 Å². The Morgan fingerprint density at radius 3 is 2.17 bits per heavy atom. The summed E-state index contributed by atoms with van der Waals surface area (Å²) in [5.41, 5.74) is 0. The number of benzene rings is 1. The van der Waals surface area contributed by atoms with Crippen molar-refractivity contribution in [1.29, 1.82) is 0 Å². The molecule has 0 saturated heterocycles. The van der Waals surface area contributed by atoms with E-state index in [9.17, 15) is 8.42 Å². The number of sulfone groups is 1. The van der Waals surface area contributed by atoms with Crippen LogP contribution in [0.3, 0.4) is 0 Å². The maximum atomic E-state index is 12.7. The molecule has 2 bridgehead atoms. The van der Waals surface area contributed by atoms with Gasteiger partial charge in [-0.25, -0.2) is 8.42 Å². The van der Waals surface area contributed by atoms with Gasteiger partial charge in [-0.15, -0.1) is 23.2 Å². The molecule has 2 fully saturated rings. The Hall–Kier alpha value is -0.250. The molecular weight excluding hydrogens is 291 g/mol. The maximum Gasteiger partial charge on any atom is 0.198 e. The highest BCUT2D eigenvalue weighted by Gasteiger charge is 2.69. The first-order valence-corrected chi connectivity index (χ1v) is 8.42. The minimum Gasteiger partial charge on any atom is -0.222 e. The number of fused-ring (bicyclic) bond motifs is 2. The lowest BCUT2D eigenvalue weighted by Gasteiger charge is -2.58. The normalized spacial score (nSPS) is 39.1. The summed E-state index contributed by atoms with van der Waals surface area (Å²) in [4.78, 5) is 0.306. The van der Waals surface area contributed by atoms with Gasteiger partial charge in [0.15, 0.2) is 14.0 Å². The van der Waals surface area contributed by atoms with Crippen molar-refractivity contribution in [2.24, 2.45) is 11.8 Å². The van der Waals surface area contributed by atoms with Gasteiger partial charge in [-0.1, -0.05) is 24.6 Å². The number of hydrogen-bond acceptors (Lipinski definition) is 2. The Morgan fingerprint density at radius 2 is 1.67 bits per heavy atom. The molecule has 1 aromatic carbocycles. The molecule has 0 heterocycles. The largest absolute Gasteiger partial charge is 0.222 e. The molecule has 0 N–H and O–H groups in total. The second-order valence-corrected chi connectivity index (χ2v) is 8.61. The van der Waals surface area contributed by atoms with Crippen LogP contribution >= 0.6 is 23.2 Å². The third kappa shape index (κ3) is 1.44. The van der Waals surface area contributed by atoms with E-state index in [1.54, 1.807) is 30.3 Å². The molecule has 18 heavy (non-hydrogen) atoms. The summed E-state index contributed by atoms with van der Waals surface area (Å²) < 4.78 is 24.2. The minimum absolute atomic E-state index is 0.0882. The van der Waals surface area contributed by atoms with E-state index in [2.05, 4.69) is 0 Å². The SMILES string of the molecule is O=S(=O)(c1ccccc1)C1(Cl)[C@@H]2CCC[C@H]1C2Cl. The molecule has 1 aromatic rings. The summed E-state index contributed by atoms with van der Waals surface area (Å²) in [5, 5.41) is -0.0882. The highest BCUT2D eigenvalue weighted by atomic mass is 35.5. The van der Waals surface area contributed by atoms with E-state index in [1.807, 2.05) is 0 Å². The second kappa shape index (κ2) is 4.12. The van der Waals surface area contributed by atoms with E-state index in [4.69, 9.17) is 23.2 Å². The lowest BCUT2D eigenvalue weighted by Crippen LogP contribution is -2.66. The van der Waals surface area contributed by atoms with Crippen molar-refractivity contribution in [2.45, 2.75) is 33.7 Å². The smallest absolute Gasteiger partial charge is 0.198 e. The fraction of sp³-hybridized carbons (Fsp3) is 0.538. The Kier molecular flexibility index (Phi) is 2.92. The third-order valence-electron chi connectivity index (χ3n) is 4.28. The molecule has 0 aromatic heterocycles. The van der Waals surface area contributed by atoms with Gasteiger partial charge in [0.05, 0.1) is 4.90 Å². The first-order chi connectivity index (χ1) is 8.49. The van der Waals surface area contributed by atoms with E-state index in [0.717, 1.165) is 19.3 Å². The van der Waals surface area contributed by atoms with Crippen molar-refractivity contribution in [2.75, 3.05) is 0 Å². The number of hydrogen-bond donors (Lipinski definition) is 0. The number of halogens is 2. The average molecular weight is 305 g/mol. The highest BCUT2D eigenvalue weighted by molar-refractivity contribution is 7.94. The van der Waals surface area contributed by atoms with Crippen molar-refractivity contribution in [3.63, 3.8) is 0 Å².